The summed E-state index contributed by atoms with van der Waals surface area (Å²) in [6, 6.07) is 0. The van der Waals surface area contributed by atoms with Crippen LogP contribution in [-0.4, -0.2) is 26.0 Å². The maximum absolute atomic E-state index is 5.52. The molecule has 0 aliphatic heterocycles. The van der Waals surface area contributed by atoms with Crippen molar-refractivity contribution in [2.75, 3.05) is 6.61 Å². The molecule has 0 heterocycles. The van der Waals surface area contributed by atoms with E-state index in [-0.39, 0.29) is 0 Å². The van der Waals surface area contributed by atoms with Gasteiger partial charge in [-0.3, -0.25) is 0 Å². The normalized spacial score (nSPS) is 17.6. The maximum atomic E-state index is 5.52. The predicted octanol–water partition coefficient (Wildman–Crippen LogP) is 2.78. The van der Waals surface area contributed by atoms with Crippen molar-refractivity contribution in [2.24, 2.45) is 10.8 Å². The monoisotopic (exact) mass is 217 g/mol. The second-order valence-electron chi connectivity index (χ2n) is 4.24. The molecular weight excluding hydrogens is 197 g/mol. The van der Waals surface area contributed by atoms with Gasteiger partial charge in [0.15, 0.2) is 0 Å². The van der Waals surface area contributed by atoms with Gasteiger partial charge in [0, 0.05) is 0 Å². The Kier molecular flexibility index (Phi) is 5.83. The van der Waals surface area contributed by atoms with Crippen LogP contribution in [0.25, 0.3) is 0 Å². The van der Waals surface area contributed by atoms with Gasteiger partial charge in [0.1, 0.15) is 0 Å². The van der Waals surface area contributed by atoms with Gasteiger partial charge in [-0.05, 0) is 0 Å². The van der Waals surface area contributed by atoms with E-state index in [0.29, 0.717) is 11.8 Å². The third kappa shape index (κ3) is 5.10. The molecule has 0 aromatic carbocycles. The first-order valence-corrected chi connectivity index (χ1v) is 5.85. The van der Waals surface area contributed by atoms with E-state index in [1.54, 1.807) is 0 Å². The van der Waals surface area contributed by atoms with E-state index in [9.17, 15) is 0 Å². The molecule has 2 nitrogen and oxygen atoms in total. The third-order valence-electron chi connectivity index (χ3n) is 2.56. The van der Waals surface area contributed by atoms with E-state index >= 15 is 0 Å². The van der Waals surface area contributed by atoms with Gasteiger partial charge in [-0.1, -0.05) is 0 Å². The van der Waals surface area contributed by atoms with Crippen molar-refractivity contribution in [3.8, 4) is 0 Å². The second-order valence-corrected chi connectivity index (χ2v) is 4.24. The Morgan fingerprint density at radius 2 is 2.50 bits per heavy atom. The van der Waals surface area contributed by atoms with Crippen molar-refractivity contribution in [1.29, 1.82) is 0 Å². The summed E-state index contributed by atoms with van der Waals surface area (Å²) < 4.78 is 5.52. The summed E-state index contributed by atoms with van der Waals surface area (Å²) in [5.41, 5.74) is 1.52. The first-order chi connectivity index (χ1) is 7.72. The second kappa shape index (κ2) is 7.21. The molecule has 0 saturated carbocycles. The Balaban J connectivity index is 2.27. The molecule has 1 atom stereocenters. The van der Waals surface area contributed by atoms with Crippen molar-refractivity contribution >= 4 is 19.4 Å². The number of rotatable bonds is 5. The SMILES string of the molecule is C=BN=C(C)OCC(C)CC1=CC=CCC1. The van der Waals surface area contributed by atoms with Gasteiger partial charge in [0.2, 0.25) is 0 Å². The molecule has 1 unspecified atom stereocenters. The summed E-state index contributed by atoms with van der Waals surface area (Å²) in [5.74, 6) is 1.23. The number of ether oxygens (including phenoxy) is 1. The molecule has 0 spiro atoms. The molecule has 3 heteroatoms. The van der Waals surface area contributed by atoms with Crippen LogP contribution in [-0.2, 0) is 4.74 Å². The van der Waals surface area contributed by atoms with Crippen LogP contribution in [0.3, 0.4) is 0 Å². The molecule has 1 aliphatic rings. The fourth-order valence-electron chi connectivity index (χ4n) is 1.76. The molecule has 16 heavy (non-hydrogen) atoms. The van der Waals surface area contributed by atoms with Crippen LogP contribution < -0.4 is 0 Å². The molecule has 0 N–H and O–H groups in total. The first kappa shape index (κ1) is 13.0. The fourth-order valence-corrected chi connectivity index (χ4v) is 1.76. The zero-order valence-electron chi connectivity index (χ0n) is 10.3. The Morgan fingerprint density at radius 1 is 1.69 bits per heavy atom. The van der Waals surface area contributed by atoms with Gasteiger partial charge in [-0.25, -0.2) is 0 Å². The molecular formula is C13H20BNO. The number of allylic oxidation sites excluding steroid dienone is 4. The van der Waals surface area contributed by atoms with Crippen LogP contribution in [0.2, 0.25) is 0 Å². The van der Waals surface area contributed by atoms with E-state index < -0.39 is 0 Å². The van der Waals surface area contributed by atoms with E-state index in [1.165, 1.54) is 25.5 Å². The van der Waals surface area contributed by atoms with E-state index in [1.807, 2.05) is 6.92 Å². The average Bonchev–Trinajstić information content (AvgIpc) is 2.28. The van der Waals surface area contributed by atoms with Crippen molar-refractivity contribution in [3.05, 3.63) is 23.8 Å². The minimum atomic E-state index is 0.535. The summed E-state index contributed by atoms with van der Waals surface area (Å²) in [5, 5.41) is 0. The van der Waals surface area contributed by atoms with Gasteiger partial charge < -0.3 is 0 Å². The molecule has 0 saturated heterocycles. The molecule has 86 valence electrons. The van der Waals surface area contributed by atoms with Gasteiger partial charge >= 0.3 is 98.5 Å². The summed E-state index contributed by atoms with van der Waals surface area (Å²) >= 11 is 0. The van der Waals surface area contributed by atoms with Crippen LogP contribution in [0.4, 0.5) is 0 Å². The molecule has 0 radical (unpaired) electrons. The van der Waals surface area contributed by atoms with Crippen LogP contribution in [0.1, 0.15) is 33.1 Å². The first-order valence-electron chi connectivity index (χ1n) is 5.85. The minimum absolute atomic E-state index is 0.535. The quantitative estimate of drug-likeness (QED) is 0.394. The molecule has 0 aromatic rings. The van der Waals surface area contributed by atoms with Crippen LogP contribution in [0.5, 0.6) is 0 Å². The molecule has 1 rings (SSSR count). The van der Waals surface area contributed by atoms with Gasteiger partial charge in [-0.15, -0.1) is 0 Å². The summed E-state index contributed by atoms with van der Waals surface area (Å²) in [4.78, 5) is 3.98. The zero-order chi connectivity index (χ0) is 11.8. The van der Waals surface area contributed by atoms with E-state index in [4.69, 9.17) is 4.74 Å². The van der Waals surface area contributed by atoms with Crippen LogP contribution in [0.15, 0.2) is 28.7 Å². The van der Waals surface area contributed by atoms with Gasteiger partial charge in [-0.2, -0.15) is 0 Å². The number of nitrogens with zero attached hydrogens (tertiary/aromatic N) is 1. The summed E-state index contributed by atoms with van der Waals surface area (Å²) in [6.07, 6.45) is 10.1. The Morgan fingerprint density at radius 3 is 3.12 bits per heavy atom. The number of hydrogen-bond donors (Lipinski definition) is 0. The molecule has 0 aromatic heterocycles. The fraction of sp³-hybridized carbons (Fsp3) is 0.538. The average molecular weight is 217 g/mol. The van der Waals surface area contributed by atoms with E-state index in [2.05, 4.69) is 36.5 Å². The molecule has 0 bridgehead atoms. The molecule has 0 amide bonds. The molecule has 1 aliphatic carbocycles. The van der Waals surface area contributed by atoms with Crippen molar-refractivity contribution in [3.63, 3.8) is 0 Å². The Hall–Kier alpha value is -1.12. The van der Waals surface area contributed by atoms with Crippen LogP contribution >= 0.6 is 0 Å². The van der Waals surface area contributed by atoms with Gasteiger partial charge in [0.05, 0.1) is 0 Å². The number of hydrogen-bond acceptors (Lipinski definition) is 2. The Labute approximate surface area is 99.0 Å². The predicted molar refractivity (Wildman–Crippen MR) is 72.2 cm³/mol. The van der Waals surface area contributed by atoms with E-state index in [0.717, 1.165) is 13.0 Å². The Bertz CT molecular complexity index is 318. The summed E-state index contributed by atoms with van der Waals surface area (Å²) in [6.45, 7) is 8.33. The standard InChI is InChI=1S/C13H20BNO/c1-11(10-16-12(2)15-14-3)9-13-7-5-4-6-8-13/h4-5,7,11H,3,6,8-10H2,1-2H3. The van der Waals surface area contributed by atoms with Crippen molar-refractivity contribution in [1.82, 2.24) is 0 Å². The topological polar surface area (TPSA) is 21.6 Å². The zero-order valence-corrected chi connectivity index (χ0v) is 10.3. The third-order valence-corrected chi connectivity index (χ3v) is 2.56. The van der Waals surface area contributed by atoms with Crippen molar-refractivity contribution < 1.29 is 4.74 Å². The molecule has 0 fully saturated rings. The van der Waals surface area contributed by atoms with Crippen LogP contribution in [0, 0.1) is 5.92 Å². The summed E-state index contributed by atoms with van der Waals surface area (Å²) in [7, 11) is 1.51. The van der Waals surface area contributed by atoms with Crippen molar-refractivity contribution in [2.45, 2.75) is 33.1 Å². The van der Waals surface area contributed by atoms with Gasteiger partial charge in [0.25, 0.3) is 0 Å².